The first-order valence-electron chi connectivity index (χ1n) is 14.8. The predicted molar refractivity (Wildman–Crippen MR) is 156 cm³/mol. The maximum absolute atomic E-state index is 16.8. The second-order valence-corrected chi connectivity index (χ2v) is 11.0. The van der Waals surface area contributed by atoms with E-state index >= 15 is 4.39 Å². The lowest BCUT2D eigenvalue weighted by molar-refractivity contribution is -0.128. The number of nitrogens with one attached hydrogen (secondary N) is 1. The first-order valence-corrected chi connectivity index (χ1v) is 14.8. The largest absolute Gasteiger partial charge is 0.341 e. The fourth-order valence-corrected chi connectivity index (χ4v) is 6.07. The first-order chi connectivity index (χ1) is 20.0. The van der Waals surface area contributed by atoms with Gasteiger partial charge in [0.25, 0.3) is 17.6 Å². The van der Waals surface area contributed by atoms with Gasteiger partial charge >= 0.3 is 0 Å². The molecule has 1 N–H and O–H groups in total. The van der Waals surface area contributed by atoms with E-state index in [1.54, 1.807) is 65.6 Å². The van der Waals surface area contributed by atoms with E-state index < -0.39 is 29.7 Å². The monoisotopic (exact) mass is 555 g/mol. The molecule has 2 aliphatic rings. The number of alkyl halides is 1. The highest BCUT2D eigenvalue weighted by Crippen LogP contribution is 2.50. The Morgan fingerprint density at radius 1 is 0.902 bits per heavy atom. The van der Waals surface area contributed by atoms with Crippen LogP contribution in [0.1, 0.15) is 85.4 Å². The second kappa shape index (κ2) is 12.7. The number of carbonyl (C=O) groups is 3. The van der Waals surface area contributed by atoms with Crippen LogP contribution in [0.5, 0.6) is 0 Å². The van der Waals surface area contributed by atoms with Crippen molar-refractivity contribution < 1.29 is 18.8 Å². The maximum Gasteiger partial charge on any atom is 0.288 e. The van der Waals surface area contributed by atoms with Crippen LogP contribution in [-0.4, -0.2) is 45.9 Å². The highest BCUT2D eigenvalue weighted by Gasteiger charge is 2.71. The van der Waals surface area contributed by atoms with Crippen molar-refractivity contribution in [3.8, 4) is 0 Å². The van der Waals surface area contributed by atoms with E-state index in [2.05, 4.69) is 5.32 Å². The fourth-order valence-electron chi connectivity index (χ4n) is 6.07. The van der Waals surface area contributed by atoms with Crippen LogP contribution in [0.25, 0.3) is 0 Å². The summed E-state index contributed by atoms with van der Waals surface area (Å²) in [7, 11) is 0. The second-order valence-electron chi connectivity index (χ2n) is 11.0. The van der Waals surface area contributed by atoms with E-state index in [0.717, 1.165) is 38.5 Å². The van der Waals surface area contributed by atoms with Crippen molar-refractivity contribution in [2.24, 2.45) is 0 Å². The molecule has 1 heterocycles. The number of carbonyl (C=O) groups excluding carboxylic acids is 3. The number of nitrogens with zero attached hydrogens (tertiary/aromatic N) is 2. The van der Waals surface area contributed by atoms with Gasteiger partial charge in [0.15, 0.2) is 0 Å². The third kappa shape index (κ3) is 5.90. The van der Waals surface area contributed by atoms with Gasteiger partial charge in [0.05, 0.1) is 0 Å². The number of halogens is 1. The molecule has 0 bridgehead atoms. The van der Waals surface area contributed by atoms with E-state index in [-0.39, 0.29) is 11.9 Å². The molecule has 1 saturated heterocycles. The van der Waals surface area contributed by atoms with Crippen LogP contribution in [0.2, 0.25) is 0 Å². The van der Waals surface area contributed by atoms with Gasteiger partial charge in [0, 0.05) is 18.2 Å². The molecule has 0 aromatic heterocycles. The van der Waals surface area contributed by atoms with Crippen LogP contribution >= 0.6 is 0 Å². The molecular weight excluding hydrogens is 517 g/mol. The van der Waals surface area contributed by atoms with Gasteiger partial charge in [0.1, 0.15) is 12.1 Å². The highest BCUT2D eigenvalue weighted by molar-refractivity contribution is 6.03. The lowest BCUT2D eigenvalue weighted by Gasteiger charge is -2.34. The molecule has 6 nitrogen and oxygen atoms in total. The smallest absolute Gasteiger partial charge is 0.288 e. The minimum absolute atomic E-state index is 0.171. The van der Waals surface area contributed by atoms with Crippen molar-refractivity contribution in [2.75, 3.05) is 6.54 Å². The molecule has 0 radical (unpaired) electrons. The zero-order valence-electron chi connectivity index (χ0n) is 23.5. The summed E-state index contributed by atoms with van der Waals surface area (Å²) in [5.74, 6) is -3.72. The Hall–Kier alpha value is -4.00. The van der Waals surface area contributed by atoms with Crippen molar-refractivity contribution in [1.82, 2.24) is 15.1 Å². The molecular formula is C34H38FN3O3. The van der Waals surface area contributed by atoms with Crippen LogP contribution in [0.15, 0.2) is 91.0 Å². The molecule has 214 valence electrons. The molecule has 0 spiro atoms. The number of amides is 3. The Kier molecular flexibility index (Phi) is 8.81. The van der Waals surface area contributed by atoms with Crippen LogP contribution < -0.4 is 5.32 Å². The van der Waals surface area contributed by atoms with Gasteiger partial charge in [-0.2, -0.15) is 0 Å². The van der Waals surface area contributed by atoms with Gasteiger partial charge < -0.3 is 10.2 Å². The van der Waals surface area contributed by atoms with Gasteiger partial charge in [0.2, 0.25) is 5.91 Å². The van der Waals surface area contributed by atoms with Crippen molar-refractivity contribution in [3.63, 3.8) is 0 Å². The summed E-state index contributed by atoms with van der Waals surface area (Å²) in [5.41, 5.74) is 1.60. The topological polar surface area (TPSA) is 69.5 Å². The third-order valence-corrected chi connectivity index (χ3v) is 8.27. The Balaban J connectivity index is 1.52. The average molecular weight is 556 g/mol. The number of rotatable bonds is 11. The summed E-state index contributed by atoms with van der Waals surface area (Å²) in [6.45, 7) is 2.38. The van der Waals surface area contributed by atoms with Crippen molar-refractivity contribution in [2.45, 2.75) is 75.8 Å². The van der Waals surface area contributed by atoms with Gasteiger partial charge in [-0.05, 0) is 42.5 Å². The van der Waals surface area contributed by atoms with Gasteiger partial charge in [-0.1, -0.05) is 111 Å². The zero-order valence-corrected chi connectivity index (χ0v) is 23.5. The molecule has 3 unspecified atom stereocenters. The van der Waals surface area contributed by atoms with Gasteiger partial charge in [-0.3, -0.25) is 19.3 Å². The molecule has 41 heavy (non-hydrogen) atoms. The normalized spacial score (nSPS) is 20.2. The molecule has 3 amide bonds. The number of unbranched alkanes of at least 4 members (excludes halogenated alkanes) is 1. The standard InChI is InChI=1S/C34H38FN3O3/c1-2-3-24-37(32(40)27-20-12-6-13-21-27)29(25-16-8-4-9-17-25)31(39)36-30(26-18-10-5-11-19-26)34(35)33(41)38(34)28-22-14-7-15-23-28/h4-6,8-13,16-21,28-30H,2-3,7,14-15,22-24H2,1H3,(H,36,39). The lowest BCUT2D eigenvalue weighted by Crippen LogP contribution is -2.48. The summed E-state index contributed by atoms with van der Waals surface area (Å²) < 4.78 is 16.8. The Morgan fingerprint density at radius 3 is 2.05 bits per heavy atom. The van der Waals surface area contributed by atoms with E-state index in [1.165, 1.54) is 4.90 Å². The molecule has 3 aromatic rings. The molecule has 7 heteroatoms. The summed E-state index contributed by atoms with van der Waals surface area (Å²) in [6.07, 6.45) is 6.03. The summed E-state index contributed by atoms with van der Waals surface area (Å²) in [6, 6.07) is 24.4. The van der Waals surface area contributed by atoms with E-state index in [9.17, 15) is 14.4 Å². The Morgan fingerprint density at radius 2 is 1.46 bits per heavy atom. The van der Waals surface area contributed by atoms with E-state index in [0.29, 0.717) is 29.7 Å². The quantitative estimate of drug-likeness (QED) is 0.221. The molecule has 1 saturated carbocycles. The van der Waals surface area contributed by atoms with Gasteiger partial charge in [-0.25, -0.2) is 4.39 Å². The fraction of sp³-hybridized carbons (Fsp3) is 0.382. The minimum Gasteiger partial charge on any atom is -0.341 e. The molecule has 1 aliphatic heterocycles. The molecule has 5 rings (SSSR count). The predicted octanol–water partition coefficient (Wildman–Crippen LogP) is 6.37. The summed E-state index contributed by atoms with van der Waals surface area (Å²) in [5, 5.41) is 2.93. The SMILES string of the molecule is CCCCN(C(=O)c1ccccc1)C(C(=O)NC(c1ccccc1)C1(F)C(=O)N1C1CCCCC1)c1ccccc1. The molecule has 3 atom stereocenters. The van der Waals surface area contributed by atoms with E-state index in [1.807, 2.05) is 37.3 Å². The highest BCUT2D eigenvalue weighted by atomic mass is 19.2. The zero-order chi connectivity index (χ0) is 28.8. The number of benzene rings is 3. The lowest BCUT2D eigenvalue weighted by atomic mass is 9.94. The van der Waals surface area contributed by atoms with Crippen molar-refractivity contribution in [3.05, 3.63) is 108 Å². The number of hydrogen-bond acceptors (Lipinski definition) is 3. The summed E-state index contributed by atoms with van der Waals surface area (Å²) in [4.78, 5) is 44.3. The Bertz CT molecular complexity index is 1330. The third-order valence-electron chi connectivity index (χ3n) is 8.27. The van der Waals surface area contributed by atoms with Crippen LogP contribution in [0.3, 0.4) is 0 Å². The minimum atomic E-state index is -2.34. The van der Waals surface area contributed by atoms with Crippen LogP contribution in [0, 0.1) is 0 Å². The Labute approximate surface area is 241 Å². The molecule has 2 fully saturated rings. The number of hydrogen-bond donors (Lipinski definition) is 1. The average Bonchev–Trinajstić information content (AvgIpc) is 3.59. The van der Waals surface area contributed by atoms with Gasteiger partial charge in [-0.15, -0.1) is 0 Å². The van der Waals surface area contributed by atoms with Crippen molar-refractivity contribution in [1.29, 1.82) is 0 Å². The molecule has 3 aromatic carbocycles. The maximum atomic E-state index is 16.8. The molecule has 1 aliphatic carbocycles. The van der Waals surface area contributed by atoms with Crippen molar-refractivity contribution >= 4 is 17.7 Å². The van der Waals surface area contributed by atoms with Crippen LogP contribution in [-0.2, 0) is 9.59 Å². The first kappa shape index (κ1) is 28.5. The van der Waals surface area contributed by atoms with Crippen LogP contribution in [0.4, 0.5) is 4.39 Å². The van der Waals surface area contributed by atoms with E-state index in [4.69, 9.17) is 0 Å². The summed E-state index contributed by atoms with van der Waals surface area (Å²) >= 11 is 0.